The molecule has 116 valence electrons. The van der Waals surface area contributed by atoms with Crippen molar-refractivity contribution in [1.82, 2.24) is 4.98 Å². The zero-order chi connectivity index (χ0) is 16.7. The van der Waals surface area contributed by atoms with Gasteiger partial charge < -0.3 is 5.32 Å². The van der Waals surface area contributed by atoms with Crippen LogP contribution in [0.15, 0.2) is 72.1 Å². The largest absolute Gasteiger partial charge is 0.350 e. The quantitative estimate of drug-likeness (QED) is 0.776. The number of para-hydroxylation sites is 1. The second-order valence-electron chi connectivity index (χ2n) is 5.71. The zero-order valence-electron chi connectivity index (χ0n) is 13.0. The Balaban J connectivity index is 1.83. The highest BCUT2D eigenvalue weighted by atomic mass is 16.1. The van der Waals surface area contributed by atoms with Crippen LogP contribution < -0.4 is 5.32 Å². The van der Waals surface area contributed by atoms with Gasteiger partial charge in [0.25, 0.3) is 0 Å². The predicted octanol–water partition coefficient (Wildman–Crippen LogP) is 4.00. The molecule has 0 spiro atoms. The minimum absolute atomic E-state index is 0.124. The molecule has 24 heavy (non-hydrogen) atoms. The van der Waals surface area contributed by atoms with E-state index < -0.39 is 0 Å². The number of hydrogen-bond donors (Lipinski definition) is 1. The maximum Gasteiger partial charge on any atom is 0.210 e. The summed E-state index contributed by atoms with van der Waals surface area (Å²) in [6.45, 7) is 1.68. The van der Waals surface area contributed by atoms with Crippen molar-refractivity contribution in [3.05, 3.63) is 83.2 Å². The number of carbonyl (C=O) groups is 2. The summed E-state index contributed by atoms with van der Waals surface area (Å²) in [5.41, 5.74) is 3.11. The molecule has 0 atom stereocenters. The summed E-state index contributed by atoms with van der Waals surface area (Å²) in [5.74, 6) is -0.295. The van der Waals surface area contributed by atoms with Crippen LogP contribution in [-0.4, -0.2) is 16.6 Å². The van der Waals surface area contributed by atoms with Crippen molar-refractivity contribution in [2.45, 2.75) is 6.92 Å². The Morgan fingerprint density at radius 1 is 0.833 bits per heavy atom. The van der Waals surface area contributed by atoms with Gasteiger partial charge in [0.1, 0.15) is 0 Å². The summed E-state index contributed by atoms with van der Waals surface area (Å²) in [5, 5.41) is 4.11. The number of nitrogens with zero attached hydrogens (tertiary/aromatic N) is 1. The number of aromatic nitrogens is 1. The van der Waals surface area contributed by atoms with Crippen molar-refractivity contribution in [2.24, 2.45) is 0 Å². The molecule has 0 fully saturated rings. The van der Waals surface area contributed by atoms with Crippen LogP contribution in [-0.2, 0) is 0 Å². The van der Waals surface area contributed by atoms with Crippen LogP contribution >= 0.6 is 0 Å². The third-order valence-electron chi connectivity index (χ3n) is 4.25. The summed E-state index contributed by atoms with van der Waals surface area (Å²) in [7, 11) is 0. The average molecular weight is 314 g/mol. The van der Waals surface area contributed by atoms with Crippen LogP contribution in [0, 0.1) is 0 Å². The molecule has 0 saturated heterocycles. The number of ketones is 2. The third kappa shape index (κ3) is 2.12. The summed E-state index contributed by atoms with van der Waals surface area (Å²) >= 11 is 0. The summed E-state index contributed by atoms with van der Waals surface area (Å²) in [6, 6.07) is 16.4. The SMILES string of the molecule is CC1=C(Nc2cccc3cccnc23)C(=O)c2ccccc2C1=O. The van der Waals surface area contributed by atoms with Crippen molar-refractivity contribution in [3.8, 4) is 0 Å². The fourth-order valence-corrected chi connectivity index (χ4v) is 2.99. The first-order chi connectivity index (χ1) is 11.7. The van der Waals surface area contributed by atoms with E-state index in [1.165, 1.54) is 0 Å². The van der Waals surface area contributed by atoms with E-state index >= 15 is 0 Å². The molecule has 4 nitrogen and oxygen atoms in total. The van der Waals surface area contributed by atoms with Crippen LogP contribution in [0.2, 0.25) is 0 Å². The normalized spacial score (nSPS) is 14.0. The van der Waals surface area contributed by atoms with Gasteiger partial charge in [-0.15, -0.1) is 0 Å². The van der Waals surface area contributed by atoms with Gasteiger partial charge in [-0.1, -0.05) is 42.5 Å². The maximum atomic E-state index is 12.8. The lowest BCUT2D eigenvalue weighted by atomic mass is 9.88. The number of carbonyl (C=O) groups excluding carboxylic acids is 2. The Hall–Kier alpha value is -3.27. The Labute approximate surface area is 138 Å². The van der Waals surface area contributed by atoms with Gasteiger partial charge in [-0.3, -0.25) is 14.6 Å². The number of rotatable bonds is 2. The van der Waals surface area contributed by atoms with Crippen LogP contribution in [0.25, 0.3) is 10.9 Å². The van der Waals surface area contributed by atoms with Crippen molar-refractivity contribution in [2.75, 3.05) is 5.32 Å². The topological polar surface area (TPSA) is 59.1 Å². The first-order valence-corrected chi connectivity index (χ1v) is 7.67. The third-order valence-corrected chi connectivity index (χ3v) is 4.25. The van der Waals surface area contributed by atoms with Crippen LogP contribution in [0.4, 0.5) is 5.69 Å². The van der Waals surface area contributed by atoms with Gasteiger partial charge in [-0.2, -0.15) is 0 Å². The molecule has 0 radical (unpaired) electrons. The first kappa shape index (κ1) is 14.3. The second kappa shape index (κ2) is 5.42. The minimum Gasteiger partial charge on any atom is -0.350 e. The van der Waals surface area contributed by atoms with E-state index in [0.717, 1.165) is 10.9 Å². The van der Waals surface area contributed by atoms with Crippen LogP contribution in [0.3, 0.4) is 0 Å². The summed E-state index contributed by atoms with van der Waals surface area (Å²) in [4.78, 5) is 29.8. The summed E-state index contributed by atoms with van der Waals surface area (Å²) < 4.78 is 0. The Kier molecular flexibility index (Phi) is 3.24. The highest BCUT2D eigenvalue weighted by molar-refractivity contribution is 6.27. The van der Waals surface area contributed by atoms with E-state index in [4.69, 9.17) is 0 Å². The number of allylic oxidation sites excluding steroid dienone is 2. The molecule has 1 aromatic heterocycles. The number of fused-ring (bicyclic) bond motifs is 2. The molecule has 1 aliphatic carbocycles. The van der Waals surface area contributed by atoms with E-state index in [2.05, 4.69) is 10.3 Å². The van der Waals surface area contributed by atoms with Gasteiger partial charge in [0, 0.05) is 28.3 Å². The van der Waals surface area contributed by atoms with E-state index in [1.807, 2.05) is 30.3 Å². The standard InChI is InChI=1S/C20H14N2O2/c1-12-17(20(24)15-9-3-2-8-14(15)19(12)23)22-16-10-4-6-13-7-5-11-21-18(13)16/h2-11,22H,1H3. The fraction of sp³-hybridized carbons (Fsp3) is 0.0500. The number of Topliss-reactive ketones (excluding diaryl/α,β-unsaturated/α-hetero) is 2. The molecule has 0 saturated carbocycles. The molecular formula is C20H14N2O2. The van der Waals surface area contributed by atoms with Gasteiger partial charge in [-0.05, 0) is 19.1 Å². The van der Waals surface area contributed by atoms with Crippen molar-refractivity contribution in [1.29, 1.82) is 0 Å². The molecule has 0 unspecified atom stereocenters. The van der Waals surface area contributed by atoms with Crippen molar-refractivity contribution in [3.63, 3.8) is 0 Å². The predicted molar refractivity (Wildman–Crippen MR) is 93.2 cm³/mol. The van der Waals surface area contributed by atoms with E-state index in [0.29, 0.717) is 28.1 Å². The lowest BCUT2D eigenvalue weighted by Crippen LogP contribution is -2.25. The smallest absolute Gasteiger partial charge is 0.210 e. The lowest BCUT2D eigenvalue weighted by Gasteiger charge is -2.20. The molecule has 4 rings (SSSR count). The molecule has 0 amide bonds. The molecule has 0 aliphatic heterocycles. The summed E-state index contributed by atoms with van der Waals surface area (Å²) in [6.07, 6.45) is 1.71. The highest BCUT2D eigenvalue weighted by Gasteiger charge is 2.29. The van der Waals surface area contributed by atoms with Gasteiger partial charge in [0.15, 0.2) is 5.78 Å². The molecule has 1 N–H and O–H groups in total. The Morgan fingerprint density at radius 2 is 1.54 bits per heavy atom. The molecule has 1 heterocycles. The monoisotopic (exact) mass is 314 g/mol. The molecule has 0 bridgehead atoms. The number of anilines is 1. The van der Waals surface area contributed by atoms with Gasteiger partial charge >= 0.3 is 0 Å². The van der Waals surface area contributed by atoms with Crippen LogP contribution in [0.5, 0.6) is 0 Å². The number of pyridine rings is 1. The fourth-order valence-electron chi connectivity index (χ4n) is 2.99. The minimum atomic E-state index is -0.171. The number of nitrogens with one attached hydrogen (secondary N) is 1. The Morgan fingerprint density at radius 3 is 2.33 bits per heavy atom. The van der Waals surface area contributed by atoms with Crippen LogP contribution in [0.1, 0.15) is 27.6 Å². The maximum absolute atomic E-state index is 12.8. The molecule has 1 aliphatic rings. The molecule has 2 aromatic carbocycles. The Bertz CT molecular complexity index is 1030. The van der Waals surface area contributed by atoms with E-state index in [-0.39, 0.29) is 11.6 Å². The molecule has 3 aromatic rings. The van der Waals surface area contributed by atoms with E-state index in [9.17, 15) is 9.59 Å². The average Bonchev–Trinajstić information content (AvgIpc) is 2.63. The number of benzene rings is 2. The van der Waals surface area contributed by atoms with Gasteiger partial charge in [0.05, 0.1) is 16.9 Å². The van der Waals surface area contributed by atoms with Gasteiger partial charge in [0.2, 0.25) is 5.78 Å². The zero-order valence-corrected chi connectivity index (χ0v) is 13.0. The molecule has 4 heteroatoms. The first-order valence-electron chi connectivity index (χ1n) is 7.67. The van der Waals surface area contributed by atoms with E-state index in [1.54, 1.807) is 37.4 Å². The number of hydrogen-bond acceptors (Lipinski definition) is 4. The highest BCUT2D eigenvalue weighted by Crippen LogP contribution is 2.29. The van der Waals surface area contributed by atoms with Gasteiger partial charge in [-0.25, -0.2) is 0 Å². The lowest BCUT2D eigenvalue weighted by molar-refractivity contribution is 0.0976. The van der Waals surface area contributed by atoms with Crippen molar-refractivity contribution < 1.29 is 9.59 Å². The second-order valence-corrected chi connectivity index (χ2v) is 5.71. The molecular weight excluding hydrogens is 300 g/mol. The van der Waals surface area contributed by atoms with Crippen molar-refractivity contribution >= 4 is 28.2 Å².